The zero-order valence-electron chi connectivity index (χ0n) is 11.1. The molecule has 18 heavy (non-hydrogen) atoms. The van der Waals surface area contributed by atoms with Gasteiger partial charge in [-0.25, -0.2) is 0 Å². The first kappa shape index (κ1) is 12.9. The molecule has 1 aromatic rings. The highest BCUT2D eigenvalue weighted by Gasteiger charge is 2.27. The summed E-state index contributed by atoms with van der Waals surface area (Å²) in [6, 6.07) is 8.28. The molecule has 0 radical (unpaired) electrons. The van der Waals surface area contributed by atoms with Gasteiger partial charge >= 0.3 is 0 Å². The number of anilines is 1. The predicted octanol–water partition coefficient (Wildman–Crippen LogP) is 1.72. The lowest BCUT2D eigenvalue weighted by Crippen LogP contribution is -2.36. The van der Waals surface area contributed by atoms with Crippen LogP contribution in [0.2, 0.25) is 0 Å². The SMILES string of the molecule is CC(CCN)c1ccccc1N1CCC(=O)N1C. The topological polar surface area (TPSA) is 49.6 Å². The molecule has 1 fully saturated rings. The Balaban J connectivity index is 2.30. The number of carbonyl (C=O) groups is 1. The standard InChI is InChI=1S/C14H21N3O/c1-11(7-9-15)12-5-3-4-6-13(12)17-10-8-14(18)16(17)2/h3-6,11H,7-10,15H2,1-2H3. The highest BCUT2D eigenvalue weighted by molar-refractivity contribution is 5.82. The predicted molar refractivity (Wildman–Crippen MR) is 73.3 cm³/mol. The number of rotatable bonds is 4. The van der Waals surface area contributed by atoms with Crippen molar-refractivity contribution in [2.24, 2.45) is 5.73 Å². The van der Waals surface area contributed by atoms with E-state index in [1.54, 1.807) is 5.01 Å². The van der Waals surface area contributed by atoms with Crippen molar-refractivity contribution in [3.05, 3.63) is 29.8 Å². The van der Waals surface area contributed by atoms with E-state index in [-0.39, 0.29) is 5.91 Å². The third kappa shape index (κ3) is 2.34. The summed E-state index contributed by atoms with van der Waals surface area (Å²) in [7, 11) is 1.83. The van der Waals surface area contributed by atoms with Crippen molar-refractivity contribution in [2.75, 3.05) is 25.1 Å². The van der Waals surface area contributed by atoms with Crippen molar-refractivity contribution in [3.8, 4) is 0 Å². The molecule has 1 atom stereocenters. The smallest absolute Gasteiger partial charge is 0.242 e. The Kier molecular flexibility index (Phi) is 3.87. The van der Waals surface area contributed by atoms with Crippen LogP contribution in [0.3, 0.4) is 0 Å². The van der Waals surface area contributed by atoms with Crippen LogP contribution in [0.4, 0.5) is 5.69 Å². The molecule has 1 aromatic carbocycles. The summed E-state index contributed by atoms with van der Waals surface area (Å²) in [4.78, 5) is 11.6. The van der Waals surface area contributed by atoms with Gasteiger partial charge in [-0.2, -0.15) is 0 Å². The van der Waals surface area contributed by atoms with E-state index in [0.29, 0.717) is 18.9 Å². The fraction of sp³-hybridized carbons (Fsp3) is 0.500. The van der Waals surface area contributed by atoms with Crippen molar-refractivity contribution in [1.29, 1.82) is 0 Å². The van der Waals surface area contributed by atoms with E-state index in [2.05, 4.69) is 24.1 Å². The first-order chi connectivity index (χ1) is 8.65. The van der Waals surface area contributed by atoms with Gasteiger partial charge < -0.3 is 5.73 Å². The largest absolute Gasteiger partial charge is 0.330 e. The van der Waals surface area contributed by atoms with Crippen LogP contribution in [0.15, 0.2) is 24.3 Å². The average molecular weight is 247 g/mol. The Hall–Kier alpha value is -1.55. The monoisotopic (exact) mass is 247 g/mol. The molecule has 4 heteroatoms. The number of carbonyl (C=O) groups excluding carboxylic acids is 1. The van der Waals surface area contributed by atoms with Gasteiger partial charge in [0.25, 0.3) is 0 Å². The second-order valence-corrected chi connectivity index (χ2v) is 4.83. The lowest BCUT2D eigenvalue weighted by Gasteiger charge is -2.29. The molecular weight excluding hydrogens is 226 g/mol. The molecule has 1 heterocycles. The Morgan fingerprint density at radius 1 is 1.39 bits per heavy atom. The van der Waals surface area contributed by atoms with Gasteiger partial charge in [0.1, 0.15) is 0 Å². The first-order valence-electron chi connectivity index (χ1n) is 6.48. The Morgan fingerprint density at radius 2 is 2.11 bits per heavy atom. The molecule has 0 saturated carbocycles. The van der Waals surface area contributed by atoms with E-state index in [0.717, 1.165) is 18.7 Å². The molecule has 1 aliphatic heterocycles. The van der Waals surface area contributed by atoms with Crippen molar-refractivity contribution in [3.63, 3.8) is 0 Å². The van der Waals surface area contributed by atoms with Crippen LogP contribution >= 0.6 is 0 Å². The van der Waals surface area contributed by atoms with Gasteiger partial charge in [0.15, 0.2) is 0 Å². The lowest BCUT2D eigenvalue weighted by molar-refractivity contribution is -0.126. The minimum atomic E-state index is 0.177. The Morgan fingerprint density at radius 3 is 2.72 bits per heavy atom. The van der Waals surface area contributed by atoms with Crippen molar-refractivity contribution >= 4 is 11.6 Å². The minimum absolute atomic E-state index is 0.177. The normalized spacial score (nSPS) is 17.4. The maximum atomic E-state index is 11.6. The molecule has 1 amide bonds. The van der Waals surface area contributed by atoms with Crippen molar-refractivity contribution in [2.45, 2.75) is 25.7 Å². The minimum Gasteiger partial charge on any atom is -0.330 e. The molecule has 4 nitrogen and oxygen atoms in total. The van der Waals surface area contributed by atoms with E-state index >= 15 is 0 Å². The maximum Gasteiger partial charge on any atom is 0.242 e. The number of para-hydroxylation sites is 1. The average Bonchev–Trinajstić information content (AvgIpc) is 2.70. The molecule has 2 rings (SSSR count). The van der Waals surface area contributed by atoms with Crippen LogP contribution < -0.4 is 10.7 Å². The number of nitrogens with two attached hydrogens (primary N) is 1. The molecule has 1 unspecified atom stereocenters. The molecule has 0 spiro atoms. The fourth-order valence-corrected chi connectivity index (χ4v) is 2.47. The van der Waals surface area contributed by atoms with Gasteiger partial charge in [-0.3, -0.25) is 14.8 Å². The van der Waals surface area contributed by atoms with Crippen LogP contribution in [0.1, 0.15) is 31.2 Å². The number of amides is 1. The zero-order valence-corrected chi connectivity index (χ0v) is 11.1. The summed E-state index contributed by atoms with van der Waals surface area (Å²) < 4.78 is 0. The summed E-state index contributed by atoms with van der Waals surface area (Å²) in [6.45, 7) is 3.63. The quantitative estimate of drug-likeness (QED) is 0.881. The summed E-state index contributed by atoms with van der Waals surface area (Å²) >= 11 is 0. The fourth-order valence-electron chi connectivity index (χ4n) is 2.47. The van der Waals surface area contributed by atoms with Gasteiger partial charge in [0, 0.05) is 20.0 Å². The molecule has 0 aliphatic carbocycles. The third-order valence-electron chi connectivity index (χ3n) is 3.61. The van der Waals surface area contributed by atoms with Crippen molar-refractivity contribution in [1.82, 2.24) is 5.01 Å². The summed E-state index contributed by atoms with van der Waals surface area (Å²) in [6.07, 6.45) is 1.55. The molecule has 0 bridgehead atoms. The zero-order chi connectivity index (χ0) is 13.1. The van der Waals surface area contributed by atoms with Crippen molar-refractivity contribution < 1.29 is 4.79 Å². The number of nitrogens with zero attached hydrogens (tertiary/aromatic N) is 2. The van der Waals surface area contributed by atoms with Crippen LogP contribution in [-0.4, -0.2) is 31.1 Å². The molecule has 0 aromatic heterocycles. The highest BCUT2D eigenvalue weighted by atomic mass is 16.2. The number of hydrogen-bond donors (Lipinski definition) is 1. The Labute approximate surface area is 108 Å². The van der Waals surface area contributed by atoms with Gasteiger partial charge in [-0.15, -0.1) is 0 Å². The molecule has 1 aliphatic rings. The van der Waals surface area contributed by atoms with Crippen LogP contribution in [0, 0.1) is 0 Å². The molecular formula is C14H21N3O. The molecule has 98 valence electrons. The molecule has 2 N–H and O–H groups in total. The summed E-state index contributed by atoms with van der Waals surface area (Å²) in [5.74, 6) is 0.589. The van der Waals surface area contributed by atoms with E-state index in [9.17, 15) is 4.79 Å². The number of hydrazine groups is 1. The second-order valence-electron chi connectivity index (χ2n) is 4.83. The summed E-state index contributed by atoms with van der Waals surface area (Å²) in [5.41, 5.74) is 8.04. The van der Waals surface area contributed by atoms with E-state index in [1.807, 2.05) is 19.2 Å². The van der Waals surface area contributed by atoms with E-state index in [4.69, 9.17) is 5.73 Å². The summed E-state index contributed by atoms with van der Waals surface area (Å²) in [5, 5.41) is 3.78. The van der Waals surface area contributed by atoms with Gasteiger partial charge in [0.05, 0.1) is 5.69 Å². The highest BCUT2D eigenvalue weighted by Crippen LogP contribution is 2.31. The third-order valence-corrected chi connectivity index (χ3v) is 3.61. The molecule has 1 saturated heterocycles. The van der Waals surface area contributed by atoms with Gasteiger partial charge in [-0.1, -0.05) is 25.1 Å². The Bertz CT molecular complexity index is 433. The lowest BCUT2D eigenvalue weighted by atomic mass is 9.96. The first-order valence-corrected chi connectivity index (χ1v) is 6.48. The number of hydrogen-bond acceptors (Lipinski definition) is 3. The van der Waals surface area contributed by atoms with E-state index < -0.39 is 0 Å². The van der Waals surface area contributed by atoms with Crippen LogP contribution in [0.5, 0.6) is 0 Å². The number of benzene rings is 1. The second kappa shape index (κ2) is 5.40. The van der Waals surface area contributed by atoms with Crippen LogP contribution in [0.25, 0.3) is 0 Å². The van der Waals surface area contributed by atoms with E-state index in [1.165, 1.54) is 5.56 Å². The van der Waals surface area contributed by atoms with Gasteiger partial charge in [-0.05, 0) is 30.5 Å². The van der Waals surface area contributed by atoms with Gasteiger partial charge in [0.2, 0.25) is 5.91 Å². The van der Waals surface area contributed by atoms with Crippen LogP contribution in [-0.2, 0) is 4.79 Å². The maximum absolute atomic E-state index is 11.6.